The average molecular weight is 293 g/mol. The smallest absolute Gasteiger partial charge is 0.0701 e. The van der Waals surface area contributed by atoms with Gasteiger partial charge in [0.05, 0.1) is 10.4 Å². The molecule has 0 aliphatic heterocycles. The van der Waals surface area contributed by atoms with Crippen molar-refractivity contribution in [3.05, 3.63) is 20.8 Å². The van der Waals surface area contributed by atoms with Crippen LogP contribution in [0.5, 0.6) is 0 Å². The van der Waals surface area contributed by atoms with Crippen LogP contribution in [0.3, 0.4) is 0 Å². The van der Waals surface area contributed by atoms with Crippen LogP contribution in [-0.4, -0.2) is 33.4 Å². The van der Waals surface area contributed by atoms with Gasteiger partial charge in [0.15, 0.2) is 0 Å². The van der Waals surface area contributed by atoms with Crippen LogP contribution < -0.4 is 10.6 Å². The zero-order valence-corrected chi connectivity index (χ0v) is 11.3. The van der Waals surface area contributed by atoms with Gasteiger partial charge in [0.2, 0.25) is 0 Å². The summed E-state index contributed by atoms with van der Waals surface area (Å²) in [4.78, 5) is 1.36. The number of nitrogens with one attached hydrogen (secondary N) is 2. The Hall–Kier alpha value is 0.0600. The molecule has 0 unspecified atom stereocenters. The van der Waals surface area contributed by atoms with Crippen LogP contribution in [0.1, 0.15) is 4.88 Å². The molecule has 1 aromatic heterocycles. The normalized spacial score (nSPS) is 10.8. The monoisotopic (exact) mass is 292 g/mol. The average Bonchev–Trinajstić information content (AvgIpc) is 2.63. The molecule has 86 valence electrons. The Morgan fingerprint density at radius 1 is 1.27 bits per heavy atom. The number of halogens is 1. The highest BCUT2D eigenvalue weighted by Gasteiger charge is 1.96. The minimum Gasteiger partial charge on any atom is -0.383 e. The SMILES string of the molecule is COCCNCCNCc1ccc(Br)s1. The first kappa shape index (κ1) is 13.1. The van der Waals surface area contributed by atoms with Gasteiger partial charge in [-0.3, -0.25) is 0 Å². The number of thiophene rings is 1. The Kier molecular flexibility index (Phi) is 7.21. The van der Waals surface area contributed by atoms with Gasteiger partial charge in [0.25, 0.3) is 0 Å². The number of rotatable bonds is 8. The summed E-state index contributed by atoms with van der Waals surface area (Å²) in [7, 11) is 1.72. The molecule has 0 saturated heterocycles. The van der Waals surface area contributed by atoms with Crippen LogP contribution in [0.4, 0.5) is 0 Å². The van der Waals surface area contributed by atoms with E-state index < -0.39 is 0 Å². The molecule has 0 amide bonds. The fourth-order valence-corrected chi connectivity index (χ4v) is 2.59. The molecule has 15 heavy (non-hydrogen) atoms. The van der Waals surface area contributed by atoms with Gasteiger partial charge in [-0.25, -0.2) is 0 Å². The Morgan fingerprint density at radius 2 is 2.07 bits per heavy atom. The van der Waals surface area contributed by atoms with Crippen molar-refractivity contribution in [1.82, 2.24) is 10.6 Å². The Labute approximate surface area is 103 Å². The molecule has 1 rings (SSSR count). The molecular formula is C10H17BrN2OS. The molecule has 5 heteroatoms. The second-order valence-electron chi connectivity index (χ2n) is 3.13. The van der Waals surface area contributed by atoms with Crippen LogP contribution in [0.2, 0.25) is 0 Å². The maximum absolute atomic E-state index is 4.93. The Balaban J connectivity index is 1.93. The fourth-order valence-electron chi connectivity index (χ4n) is 1.13. The quantitative estimate of drug-likeness (QED) is 0.718. The van der Waals surface area contributed by atoms with Gasteiger partial charge in [0, 0.05) is 38.2 Å². The van der Waals surface area contributed by atoms with Crippen molar-refractivity contribution in [2.45, 2.75) is 6.54 Å². The third-order valence-corrected chi connectivity index (χ3v) is 3.51. The van der Waals surface area contributed by atoms with E-state index in [-0.39, 0.29) is 0 Å². The number of methoxy groups -OCH3 is 1. The van der Waals surface area contributed by atoms with E-state index in [9.17, 15) is 0 Å². The lowest BCUT2D eigenvalue weighted by atomic mass is 10.4. The molecule has 0 aromatic carbocycles. The maximum Gasteiger partial charge on any atom is 0.0701 e. The van der Waals surface area contributed by atoms with Gasteiger partial charge >= 0.3 is 0 Å². The van der Waals surface area contributed by atoms with Crippen LogP contribution in [0, 0.1) is 0 Å². The second-order valence-corrected chi connectivity index (χ2v) is 5.67. The molecule has 3 nitrogen and oxygen atoms in total. The minimum absolute atomic E-state index is 0.776. The number of hydrogen-bond donors (Lipinski definition) is 2. The van der Waals surface area contributed by atoms with E-state index in [1.54, 1.807) is 18.4 Å². The molecule has 0 radical (unpaired) electrons. The predicted octanol–water partition coefficient (Wildman–Crippen LogP) is 1.84. The molecule has 0 aliphatic carbocycles. The Bertz CT molecular complexity index is 268. The van der Waals surface area contributed by atoms with Crippen molar-refractivity contribution in [2.75, 3.05) is 33.4 Å². The van der Waals surface area contributed by atoms with Crippen molar-refractivity contribution in [1.29, 1.82) is 0 Å². The summed E-state index contributed by atoms with van der Waals surface area (Å²) in [5.74, 6) is 0. The van der Waals surface area contributed by atoms with E-state index in [0.717, 1.165) is 32.8 Å². The molecule has 1 aromatic rings. The van der Waals surface area contributed by atoms with E-state index in [1.165, 1.54) is 8.66 Å². The molecule has 0 bridgehead atoms. The lowest BCUT2D eigenvalue weighted by Gasteiger charge is -2.04. The standard InChI is InChI=1S/C10H17BrN2OS/c1-14-7-6-12-4-5-13-8-9-2-3-10(11)15-9/h2-3,12-13H,4-8H2,1H3. The van der Waals surface area contributed by atoms with Gasteiger partial charge in [-0.05, 0) is 28.1 Å². The third kappa shape index (κ3) is 6.27. The van der Waals surface area contributed by atoms with Crippen molar-refractivity contribution < 1.29 is 4.74 Å². The van der Waals surface area contributed by atoms with Crippen LogP contribution in [-0.2, 0) is 11.3 Å². The van der Waals surface area contributed by atoms with Crippen molar-refractivity contribution in [3.8, 4) is 0 Å². The summed E-state index contributed by atoms with van der Waals surface area (Å²) < 4.78 is 6.13. The predicted molar refractivity (Wildman–Crippen MR) is 68.5 cm³/mol. The third-order valence-electron chi connectivity index (χ3n) is 1.89. The maximum atomic E-state index is 4.93. The highest BCUT2D eigenvalue weighted by molar-refractivity contribution is 9.11. The zero-order chi connectivity index (χ0) is 10.9. The van der Waals surface area contributed by atoms with Gasteiger partial charge in [0.1, 0.15) is 0 Å². The van der Waals surface area contributed by atoms with E-state index in [4.69, 9.17) is 4.74 Å². The first-order chi connectivity index (χ1) is 7.33. The first-order valence-electron chi connectivity index (χ1n) is 4.97. The van der Waals surface area contributed by atoms with Crippen molar-refractivity contribution in [3.63, 3.8) is 0 Å². The largest absolute Gasteiger partial charge is 0.383 e. The minimum atomic E-state index is 0.776. The first-order valence-corrected chi connectivity index (χ1v) is 6.58. The molecule has 0 aliphatic rings. The lowest BCUT2D eigenvalue weighted by Crippen LogP contribution is -2.28. The van der Waals surface area contributed by atoms with Crippen molar-refractivity contribution >= 4 is 27.3 Å². The number of ether oxygens (including phenoxy) is 1. The van der Waals surface area contributed by atoms with Gasteiger partial charge in [-0.15, -0.1) is 11.3 Å². The second kappa shape index (κ2) is 8.24. The van der Waals surface area contributed by atoms with E-state index in [1.807, 2.05) is 0 Å². The Morgan fingerprint density at radius 3 is 2.73 bits per heavy atom. The molecule has 0 spiro atoms. The number of hydrogen-bond acceptors (Lipinski definition) is 4. The molecule has 0 saturated carbocycles. The molecule has 0 atom stereocenters. The van der Waals surface area contributed by atoms with E-state index in [0.29, 0.717) is 0 Å². The van der Waals surface area contributed by atoms with E-state index >= 15 is 0 Å². The topological polar surface area (TPSA) is 33.3 Å². The van der Waals surface area contributed by atoms with E-state index in [2.05, 4.69) is 38.7 Å². The summed E-state index contributed by atoms with van der Waals surface area (Å²) in [6, 6.07) is 4.22. The van der Waals surface area contributed by atoms with Gasteiger partial charge in [-0.2, -0.15) is 0 Å². The summed E-state index contributed by atoms with van der Waals surface area (Å²) >= 11 is 5.22. The molecular weight excluding hydrogens is 276 g/mol. The summed E-state index contributed by atoms with van der Waals surface area (Å²) in [6.45, 7) is 4.61. The van der Waals surface area contributed by atoms with Crippen LogP contribution in [0.15, 0.2) is 15.9 Å². The van der Waals surface area contributed by atoms with Crippen molar-refractivity contribution in [2.24, 2.45) is 0 Å². The fraction of sp³-hybridized carbons (Fsp3) is 0.600. The van der Waals surface area contributed by atoms with Crippen LogP contribution >= 0.6 is 27.3 Å². The highest BCUT2D eigenvalue weighted by atomic mass is 79.9. The molecule has 0 fully saturated rings. The summed E-state index contributed by atoms with van der Waals surface area (Å²) in [5, 5.41) is 6.66. The summed E-state index contributed by atoms with van der Waals surface area (Å²) in [5.41, 5.74) is 0. The highest BCUT2D eigenvalue weighted by Crippen LogP contribution is 2.21. The summed E-state index contributed by atoms with van der Waals surface area (Å²) in [6.07, 6.45) is 0. The molecule has 2 N–H and O–H groups in total. The van der Waals surface area contributed by atoms with Gasteiger partial charge in [-0.1, -0.05) is 0 Å². The van der Waals surface area contributed by atoms with Crippen LogP contribution in [0.25, 0.3) is 0 Å². The zero-order valence-electron chi connectivity index (χ0n) is 8.88. The molecule has 1 heterocycles. The van der Waals surface area contributed by atoms with Gasteiger partial charge < -0.3 is 15.4 Å². The lowest BCUT2D eigenvalue weighted by molar-refractivity contribution is 0.199.